The van der Waals surface area contributed by atoms with Crippen LogP contribution in [-0.4, -0.2) is 62.8 Å². The minimum absolute atomic E-state index is 0. The predicted octanol–water partition coefficient (Wildman–Crippen LogP) is -3.38. The Morgan fingerprint density at radius 3 is 1.85 bits per heavy atom. The number of carbonyl (C=O) groups excluding carboxylic acids is 1. The van der Waals surface area contributed by atoms with Gasteiger partial charge in [-0.05, 0) is 0 Å². The molecule has 6 nitrogen and oxygen atoms in total. The van der Waals surface area contributed by atoms with E-state index < -0.39 is 31.0 Å². The molecule has 0 heterocycles. The summed E-state index contributed by atoms with van der Waals surface area (Å²) in [6.45, 7) is -0.760. The standard InChI is InChI=1S/C6H12O6.Cu/c7-1-3(9)5(11)6(12)4(10)2-8;/h1,3-6,8-12H,2H2;. The number of aliphatic hydroxyl groups excluding tert-OH is 5. The van der Waals surface area contributed by atoms with Crippen LogP contribution in [0.1, 0.15) is 0 Å². The molecular weight excluding hydrogens is 232 g/mol. The Balaban J connectivity index is 0. The van der Waals surface area contributed by atoms with E-state index in [0.29, 0.717) is 0 Å². The van der Waals surface area contributed by atoms with E-state index in [1.54, 1.807) is 0 Å². The van der Waals surface area contributed by atoms with Gasteiger partial charge in [-0.1, -0.05) is 0 Å². The molecule has 0 aromatic carbocycles. The molecule has 0 amide bonds. The van der Waals surface area contributed by atoms with Crippen LogP contribution in [0.3, 0.4) is 0 Å². The molecule has 0 aliphatic heterocycles. The Hall–Kier alpha value is -0.0105. The molecule has 0 spiro atoms. The van der Waals surface area contributed by atoms with Crippen molar-refractivity contribution in [2.45, 2.75) is 24.4 Å². The average molecular weight is 244 g/mol. The van der Waals surface area contributed by atoms with Crippen LogP contribution in [0.4, 0.5) is 0 Å². The van der Waals surface area contributed by atoms with Gasteiger partial charge in [-0.25, -0.2) is 0 Å². The van der Waals surface area contributed by atoms with Crippen LogP contribution in [0.15, 0.2) is 0 Å². The maximum absolute atomic E-state index is 9.90. The second kappa shape index (κ2) is 7.40. The molecule has 0 rings (SSSR count). The molecule has 0 fully saturated rings. The van der Waals surface area contributed by atoms with E-state index in [-0.39, 0.29) is 23.4 Å². The summed E-state index contributed by atoms with van der Waals surface area (Å²) in [6, 6.07) is 0. The van der Waals surface area contributed by atoms with E-state index in [0.717, 1.165) is 0 Å². The van der Waals surface area contributed by atoms with Gasteiger partial charge >= 0.3 is 0 Å². The topological polar surface area (TPSA) is 118 Å². The van der Waals surface area contributed by atoms with Crippen molar-refractivity contribution in [2.75, 3.05) is 6.61 Å². The molecule has 5 N–H and O–H groups in total. The third-order valence-corrected chi connectivity index (χ3v) is 1.42. The Labute approximate surface area is 85.3 Å². The van der Waals surface area contributed by atoms with Gasteiger partial charge in [-0.15, -0.1) is 0 Å². The van der Waals surface area contributed by atoms with E-state index >= 15 is 0 Å². The van der Waals surface area contributed by atoms with Gasteiger partial charge in [0.2, 0.25) is 0 Å². The maximum atomic E-state index is 9.90. The summed E-state index contributed by atoms with van der Waals surface area (Å²) in [5, 5.41) is 43.5. The summed E-state index contributed by atoms with van der Waals surface area (Å²) in [5.74, 6) is 0. The Kier molecular flexibility index (Phi) is 8.80. The molecule has 0 saturated heterocycles. The van der Waals surface area contributed by atoms with Crippen LogP contribution < -0.4 is 0 Å². The normalized spacial score (nSPS) is 19.5. The second-order valence-corrected chi connectivity index (χ2v) is 2.36. The molecular formula is C6H12CuO6. The molecule has 0 aromatic rings. The summed E-state index contributed by atoms with van der Waals surface area (Å²) in [7, 11) is 0. The summed E-state index contributed by atoms with van der Waals surface area (Å²) in [4.78, 5) is 9.90. The van der Waals surface area contributed by atoms with Gasteiger partial charge in [0.1, 0.15) is 24.4 Å². The first-order chi connectivity index (χ1) is 5.54. The Morgan fingerprint density at radius 1 is 1.08 bits per heavy atom. The van der Waals surface area contributed by atoms with Crippen molar-refractivity contribution < 1.29 is 47.4 Å². The first-order valence-electron chi connectivity index (χ1n) is 3.33. The van der Waals surface area contributed by atoms with E-state index in [9.17, 15) is 4.79 Å². The third kappa shape index (κ3) is 4.68. The number of rotatable bonds is 5. The first-order valence-corrected chi connectivity index (χ1v) is 3.33. The fraction of sp³-hybridized carbons (Fsp3) is 0.833. The molecule has 0 aliphatic carbocycles. The van der Waals surface area contributed by atoms with Crippen molar-refractivity contribution in [3.63, 3.8) is 0 Å². The zero-order valence-electron chi connectivity index (χ0n) is 6.54. The van der Waals surface area contributed by atoms with Crippen LogP contribution in [0, 0.1) is 0 Å². The zero-order valence-corrected chi connectivity index (χ0v) is 7.48. The smallest absolute Gasteiger partial charge is 0.151 e. The van der Waals surface area contributed by atoms with Crippen LogP contribution in [0.25, 0.3) is 0 Å². The number of aliphatic hydroxyl groups is 5. The van der Waals surface area contributed by atoms with Crippen molar-refractivity contribution in [3.05, 3.63) is 0 Å². The van der Waals surface area contributed by atoms with Crippen LogP contribution in [0.5, 0.6) is 0 Å². The van der Waals surface area contributed by atoms with Gasteiger partial charge in [0, 0.05) is 17.1 Å². The fourth-order valence-electron chi connectivity index (χ4n) is 0.618. The van der Waals surface area contributed by atoms with Crippen molar-refractivity contribution >= 4 is 6.29 Å². The summed E-state index contributed by atoms with van der Waals surface area (Å²) >= 11 is 0. The molecule has 0 aliphatic rings. The van der Waals surface area contributed by atoms with Crippen LogP contribution in [0.2, 0.25) is 0 Å². The van der Waals surface area contributed by atoms with E-state index in [1.165, 1.54) is 0 Å². The molecule has 13 heavy (non-hydrogen) atoms. The molecule has 0 bridgehead atoms. The molecule has 7 heteroatoms. The van der Waals surface area contributed by atoms with Gasteiger partial charge in [-0.3, -0.25) is 0 Å². The van der Waals surface area contributed by atoms with E-state index in [4.69, 9.17) is 25.5 Å². The Bertz CT molecular complexity index is 143. The first kappa shape index (κ1) is 15.5. The molecule has 83 valence electrons. The second-order valence-electron chi connectivity index (χ2n) is 2.36. The van der Waals surface area contributed by atoms with Gasteiger partial charge in [0.15, 0.2) is 6.29 Å². The summed E-state index contributed by atoms with van der Waals surface area (Å²) in [5.41, 5.74) is 0. The number of aldehydes is 1. The van der Waals surface area contributed by atoms with Gasteiger partial charge < -0.3 is 30.3 Å². The van der Waals surface area contributed by atoms with Crippen molar-refractivity contribution in [1.29, 1.82) is 0 Å². The maximum Gasteiger partial charge on any atom is 0.151 e. The molecule has 0 aromatic heterocycles. The molecule has 1 radical (unpaired) electrons. The minimum Gasteiger partial charge on any atom is -0.394 e. The van der Waals surface area contributed by atoms with Crippen molar-refractivity contribution in [1.82, 2.24) is 0 Å². The van der Waals surface area contributed by atoms with Crippen LogP contribution in [-0.2, 0) is 21.9 Å². The Morgan fingerprint density at radius 2 is 1.54 bits per heavy atom. The largest absolute Gasteiger partial charge is 0.394 e. The quantitative estimate of drug-likeness (QED) is 0.254. The van der Waals surface area contributed by atoms with Gasteiger partial charge in [0.05, 0.1) is 6.61 Å². The third-order valence-electron chi connectivity index (χ3n) is 1.42. The summed E-state index contributed by atoms with van der Waals surface area (Å²) in [6.07, 6.45) is -6.84. The summed E-state index contributed by atoms with van der Waals surface area (Å²) < 4.78 is 0. The van der Waals surface area contributed by atoms with Crippen molar-refractivity contribution in [2.24, 2.45) is 0 Å². The average Bonchev–Trinajstić information content (AvgIpc) is 2.12. The SMILES string of the molecule is O=CC(O)C(O)C(O)C(O)CO.[Cu]. The van der Waals surface area contributed by atoms with E-state index in [1.807, 2.05) is 0 Å². The van der Waals surface area contributed by atoms with Gasteiger partial charge in [0.25, 0.3) is 0 Å². The molecule has 0 saturated carbocycles. The number of carbonyl (C=O) groups is 1. The molecule has 4 unspecified atom stereocenters. The number of hydrogen-bond acceptors (Lipinski definition) is 6. The monoisotopic (exact) mass is 243 g/mol. The zero-order chi connectivity index (χ0) is 9.72. The predicted molar refractivity (Wildman–Crippen MR) is 37.2 cm³/mol. The minimum atomic E-state index is -1.79. The van der Waals surface area contributed by atoms with Crippen LogP contribution >= 0.6 is 0 Å². The van der Waals surface area contributed by atoms with E-state index in [2.05, 4.69) is 0 Å². The number of hydrogen-bond donors (Lipinski definition) is 5. The van der Waals surface area contributed by atoms with Gasteiger partial charge in [-0.2, -0.15) is 0 Å². The molecule has 4 atom stereocenters. The fourth-order valence-corrected chi connectivity index (χ4v) is 0.618. The van der Waals surface area contributed by atoms with Crippen molar-refractivity contribution in [3.8, 4) is 0 Å².